The first-order valence-corrected chi connectivity index (χ1v) is 9.51. The summed E-state index contributed by atoms with van der Waals surface area (Å²) < 4.78 is 14.2. The van der Waals surface area contributed by atoms with Crippen molar-refractivity contribution in [1.29, 1.82) is 0 Å². The molecule has 1 saturated heterocycles. The molecule has 6 heteroatoms. The Balaban J connectivity index is 1.18. The number of piperidine rings is 1. The highest BCUT2D eigenvalue weighted by molar-refractivity contribution is 5.86. The molecule has 0 bridgehead atoms. The van der Waals surface area contributed by atoms with E-state index in [1.54, 1.807) is 0 Å². The lowest BCUT2D eigenvalue weighted by atomic mass is 10.1. The molecule has 6 nitrogen and oxygen atoms in total. The highest BCUT2D eigenvalue weighted by atomic mass is 16.5. The van der Waals surface area contributed by atoms with Gasteiger partial charge in [-0.3, -0.25) is 4.90 Å². The van der Waals surface area contributed by atoms with E-state index in [1.807, 2.05) is 0 Å². The van der Waals surface area contributed by atoms with Gasteiger partial charge in [-0.1, -0.05) is 6.07 Å². The quantitative estimate of drug-likeness (QED) is 0.704. The van der Waals surface area contributed by atoms with Gasteiger partial charge in [-0.25, -0.2) is 0 Å². The van der Waals surface area contributed by atoms with E-state index < -0.39 is 0 Å². The largest absolute Gasteiger partial charge is 0.490 e. The van der Waals surface area contributed by atoms with Gasteiger partial charge in [-0.15, -0.1) is 10.2 Å². The number of likely N-dealkylation sites (tertiary alicyclic amines) is 1. The summed E-state index contributed by atoms with van der Waals surface area (Å²) in [6, 6.07) is 8.41. The molecule has 2 aromatic heterocycles. The Morgan fingerprint density at radius 1 is 1.12 bits per heavy atom. The van der Waals surface area contributed by atoms with Crippen LogP contribution in [0.25, 0.3) is 10.9 Å². The van der Waals surface area contributed by atoms with E-state index in [4.69, 9.17) is 9.15 Å². The second-order valence-electron chi connectivity index (χ2n) is 7.52. The van der Waals surface area contributed by atoms with E-state index in [2.05, 4.69) is 57.2 Å². The van der Waals surface area contributed by atoms with Gasteiger partial charge in [0.25, 0.3) is 0 Å². The number of aryl methyl sites for hydroxylation is 1. The normalized spacial score (nSPS) is 19.3. The summed E-state index contributed by atoms with van der Waals surface area (Å²) in [6.07, 6.45) is 6.78. The standard InChI is InChI=1S/C20H24N4O2/c1-23-10-9-16-17(23)3-2-4-18(16)25-15-7-11-24(12-8-15)13-19-21-22-20(26-19)14-5-6-14/h2-4,9-10,14-15H,5-8,11-13H2,1H3. The Bertz CT molecular complexity index is 904. The fraction of sp³-hybridized carbons (Fsp3) is 0.500. The van der Waals surface area contributed by atoms with Crippen molar-refractivity contribution in [2.24, 2.45) is 7.05 Å². The van der Waals surface area contributed by atoms with Crippen LogP contribution >= 0.6 is 0 Å². The maximum Gasteiger partial charge on any atom is 0.230 e. The molecule has 0 spiro atoms. The van der Waals surface area contributed by atoms with Crippen molar-refractivity contribution < 1.29 is 9.15 Å². The average Bonchev–Trinajstić information content (AvgIpc) is 3.29. The predicted octanol–water partition coefficient (Wildman–Crippen LogP) is 3.48. The number of benzene rings is 1. The van der Waals surface area contributed by atoms with E-state index in [-0.39, 0.29) is 6.10 Å². The topological polar surface area (TPSA) is 56.3 Å². The summed E-state index contributed by atoms with van der Waals surface area (Å²) in [6.45, 7) is 2.74. The van der Waals surface area contributed by atoms with Crippen LogP contribution in [0.3, 0.4) is 0 Å². The second kappa shape index (κ2) is 6.43. The van der Waals surface area contributed by atoms with Gasteiger partial charge >= 0.3 is 0 Å². The molecule has 0 radical (unpaired) electrons. The SMILES string of the molecule is Cn1ccc2c(OC3CCN(Cc4nnc(C5CC5)o4)CC3)cccc21. The van der Waals surface area contributed by atoms with E-state index in [1.165, 1.54) is 23.7 Å². The number of nitrogens with zero attached hydrogens (tertiary/aromatic N) is 4. The van der Waals surface area contributed by atoms with Crippen LogP contribution in [-0.4, -0.2) is 38.9 Å². The Kier molecular flexibility index (Phi) is 3.93. The Hall–Kier alpha value is -2.34. The Morgan fingerprint density at radius 3 is 2.77 bits per heavy atom. The van der Waals surface area contributed by atoms with E-state index in [9.17, 15) is 0 Å². The first-order valence-electron chi connectivity index (χ1n) is 9.51. The number of ether oxygens (including phenoxy) is 1. The van der Waals surface area contributed by atoms with Crippen molar-refractivity contribution in [3.8, 4) is 5.75 Å². The van der Waals surface area contributed by atoms with Crippen LogP contribution in [0.4, 0.5) is 0 Å². The summed E-state index contributed by atoms with van der Waals surface area (Å²) in [5, 5.41) is 9.57. The van der Waals surface area contributed by atoms with E-state index in [0.717, 1.165) is 50.0 Å². The van der Waals surface area contributed by atoms with Gasteiger partial charge in [0.2, 0.25) is 11.8 Å². The van der Waals surface area contributed by atoms with Gasteiger partial charge in [0.15, 0.2) is 0 Å². The van der Waals surface area contributed by atoms with E-state index in [0.29, 0.717) is 5.92 Å². The van der Waals surface area contributed by atoms with Crippen molar-refractivity contribution in [1.82, 2.24) is 19.7 Å². The van der Waals surface area contributed by atoms with Crippen LogP contribution in [0.15, 0.2) is 34.9 Å². The molecule has 2 fully saturated rings. The Morgan fingerprint density at radius 2 is 1.96 bits per heavy atom. The lowest BCUT2D eigenvalue weighted by Crippen LogP contribution is -2.37. The minimum atomic E-state index is 0.266. The smallest absolute Gasteiger partial charge is 0.230 e. The third-order valence-electron chi connectivity index (χ3n) is 5.48. The average molecular weight is 352 g/mol. The van der Waals surface area contributed by atoms with Crippen molar-refractivity contribution in [2.45, 2.75) is 44.2 Å². The second-order valence-corrected chi connectivity index (χ2v) is 7.52. The first kappa shape index (κ1) is 15.9. The summed E-state index contributed by atoms with van der Waals surface area (Å²) in [7, 11) is 2.07. The summed E-state index contributed by atoms with van der Waals surface area (Å²) in [4.78, 5) is 2.38. The number of rotatable bonds is 5. The molecule has 3 heterocycles. The van der Waals surface area contributed by atoms with Gasteiger partial charge in [-0.2, -0.15) is 0 Å². The third kappa shape index (κ3) is 3.09. The lowest BCUT2D eigenvalue weighted by molar-refractivity contribution is 0.0926. The number of fused-ring (bicyclic) bond motifs is 1. The zero-order chi connectivity index (χ0) is 17.5. The van der Waals surface area contributed by atoms with Gasteiger partial charge < -0.3 is 13.7 Å². The molecule has 0 amide bonds. The van der Waals surface area contributed by atoms with Crippen LogP contribution in [0.2, 0.25) is 0 Å². The highest BCUT2D eigenvalue weighted by Crippen LogP contribution is 2.39. The molecule has 0 N–H and O–H groups in total. The Labute approximate surface area is 152 Å². The summed E-state index contributed by atoms with van der Waals surface area (Å²) in [5.41, 5.74) is 1.21. The molecule has 5 rings (SSSR count). The van der Waals surface area contributed by atoms with Crippen LogP contribution < -0.4 is 4.74 Å². The zero-order valence-corrected chi connectivity index (χ0v) is 15.1. The predicted molar refractivity (Wildman–Crippen MR) is 98.1 cm³/mol. The van der Waals surface area contributed by atoms with Crippen LogP contribution in [0.1, 0.15) is 43.4 Å². The number of aromatic nitrogens is 3. The zero-order valence-electron chi connectivity index (χ0n) is 15.1. The van der Waals surface area contributed by atoms with Gasteiger partial charge in [0.05, 0.1) is 12.1 Å². The molecule has 3 aromatic rings. The third-order valence-corrected chi connectivity index (χ3v) is 5.48. The fourth-order valence-electron chi connectivity index (χ4n) is 3.76. The molecule has 2 aliphatic rings. The first-order chi connectivity index (χ1) is 12.8. The number of hydrogen-bond acceptors (Lipinski definition) is 5. The molecule has 1 saturated carbocycles. The lowest BCUT2D eigenvalue weighted by Gasteiger charge is -2.31. The maximum atomic E-state index is 6.33. The summed E-state index contributed by atoms with van der Waals surface area (Å²) in [5.74, 6) is 3.10. The minimum Gasteiger partial charge on any atom is -0.490 e. The fourth-order valence-corrected chi connectivity index (χ4v) is 3.76. The highest BCUT2D eigenvalue weighted by Gasteiger charge is 2.30. The van der Waals surface area contributed by atoms with E-state index >= 15 is 0 Å². The molecular weight excluding hydrogens is 328 g/mol. The summed E-state index contributed by atoms with van der Waals surface area (Å²) >= 11 is 0. The van der Waals surface area contributed by atoms with Crippen LogP contribution in [0, 0.1) is 0 Å². The van der Waals surface area contributed by atoms with Crippen molar-refractivity contribution in [2.75, 3.05) is 13.1 Å². The van der Waals surface area contributed by atoms with Gasteiger partial charge in [0.1, 0.15) is 11.9 Å². The molecular formula is C20H24N4O2. The van der Waals surface area contributed by atoms with Crippen molar-refractivity contribution >= 4 is 10.9 Å². The monoisotopic (exact) mass is 352 g/mol. The maximum absolute atomic E-state index is 6.33. The molecule has 26 heavy (non-hydrogen) atoms. The molecule has 1 aliphatic heterocycles. The van der Waals surface area contributed by atoms with Gasteiger partial charge in [-0.05, 0) is 43.9 Å². The molecule has 0 atom stereocenters. The van der Waals surface area contributed by atoms with Crippen molar-refractivity contribution in [3.05, 3.63) is 42.2 Å². The minimum absolute atomic E-state index is 0.266. The molecule has 1 aliphatic carbocycles. The van der Waals surface area contributed by atoms with Crippen LogP contribution in [-0.2, 0) is 13.6 Å². The van der Waals surface area contributed by atoms with Crippen molar-refractivity contribution in [3.63, 3.8) is 0 Å². The molecule has 0 unspecified atom stereocenters. The van der Waals surface area contributed by atoms with Gasteiger partial charge in [0, 0.05) is 37.6 Å². The van der Waals surface area contributed by atoms with Crippen LogP contribution in [0.5, 0.6) is 5.75 Å². The number of hydrogen-bond donors (Lipinski definition) is 0. The molecule has 136 valence electrons. The molecule has 1 aromatic carbocycles.